The minimum Gasteiger partial charge on any atom is -0.461 e. The molecule has 0 spiro atoms. The molecule has 4 heterocycles. The second kappa shape index (κ2) is 11.2. The van der Waals surface area contributed by atoms with E-state index in [1.54, 1.807) is 16.3 Å². The van der Waals surface area contributed by atoms with E-state index in [1.165, 1.54) is 11.3 Å². The van der Waals surface area contributed by atoms with Crippen LogP contribution in [0.2, 0.25) is 0 Å². The van der Waals surface area contributed by atoms with Crippen LogP contribution in [0.3, 0.4) is 0 Å². The normalized spacial score (nSPS) is 18.8. The highest BCUT2D eigenvalue weighted by molar-refractivity contribution is 7.08. The first-order valence-corrected chi connectivity index (χ1v) is 13.7. The van der Waals surface area contributed by atoms with Crippen molar-refractivity contribution in [3.63, 3.8) is 0 Å². The first-order chi connectivity index (χ1) is 18.0. The number of aryl methyl sites for hydroxylation is 1. The maximum Gasteiger partial charge on any atom is 0.258 e. The molecule has 0 radical (unpaired) electrons. The Balaban J connectivity index is 1.38. The molecule has 2 aliphatic rings. The summed E-state index contributed by atoms with van der Waals surface area (Å²) >= 11 is 1.43. The van der Waals surface area contributed by atoms with E-state index in [0.717, 1.165) is 55.5 Å². The van der Waals surface area contributed by atoms with E-state index >= 15 is 0 Å². The van der Waals surface area contributed by atoms with E-state index in [1.807, 2.05) is 41.5 Å². The third kappa shape index (κ3) is 6.02. The summed E-state index contributed by atoms with van der Waals surface area (Å²) in [4.78, 5) is 47.3. The molecule has 2 aliphatic heterocycles. The van der Waals surface area contributed by atoms with Crippen LogP contribution in [0.1, 0.15) is 48.2 Å². The first kappa shape index (κ1) is 25.0. The molecule has 194 valence electrons. The Hall–Kier alpha value is -3.66. The average molecular weight is 522 g/mol. The SMILES string of the molecule is Cc1cc2cc(NC(=N[C@H]3CCCCN(CC(=O)N4CCCC4)C3=O)NC(=O)c3ccsc3)ccc2o1. The fourth-order valence-corrected chi connectivity index (χ4v) is 5.44. The number of carbonyl (C=O) groups is 3. The van der Waals surface area contributed by atoms with Gasteiger partial charge in [-0.2, -0.15) is 11.3 Å². The number of likely N-dealkylation sites (tertiary alicyclic amines) is 2. The van der Waals surface area contributed by atoms with E-state index in [2.05, 4.69) is 10.6 Å². The predicted octanol–water partition coefficient (Wildman–Crippen LogP) is 4.00. The zero-order valence-corrected chi connectivity index (χ0v) is 21.7. The third-order valence-electron chi connectivity index (χ3n) is 6.74. The topological polar surface area (TPSA) is 107 Å². The number of fused-ring (bicyclic) bond motifs is 1. The Morgan fingerprint density at radius 1 is 1.11 bits per heavy atom. The Kier molecular flexibility index (Phi) is 7.55. The highest BCUT2D eigenvalue weighted by atomic mass is 32.1. The predicted molar refractivity (Wildman–Crippen MR) is 144 cm³/mol. The van der Waals surface area contributed by atoms with Gasteiger partial charge in [-0.05, 0) is 74.7 Å². The molecule has 0 aliphatic carbocycles. The lowest BCUT2D eigenvalue weighted by Crippen LogP contribution is -2.45. The molecule has 5 rings (SSSR count). The Morgan fingerprint density at radius 2 is 1.92 bits per heavy atom. The minimum atomic E-state index is -0.695. The number of guanidine groups is 1. The van der Waals surface area contributed by atoms with Gasteiger partial charge in [0.1, 0.15) is 17.4 Å². The van der Waals surface area contributed by atoms with Crippen LogP contribution >= 0.6 is 11.3 Å². The van der Waals surface area contributed by atoms with Gasteiger partial charge in [0.2, 0.25) is 17.8 Å². The van der Waals surface area contributed by atoms with E-state index < -0.39 is 6.04 Å². The third-order valence-corrected chi connectivity index (χ3v) is 7.42. The number of thiophene rings is 1. The molecule has 9 nitrogen and oxygen atoms in total. The van der Waals surface area contributed by atoms with Crippen LogP contribution < -0.4 is 10.6 Å². The Morgan fingerprint density at radius 3 is 2.70 bits per heavy atom. The van der Waals surface area contributed by atoms with Crippen LogP contribution in [-0.2, 0) is 9.59 Å². The van der Waals surface area contributed by atoms with E-state index in [9.17, 15) is 14.4 Å². The molecule has 0 saturated carbocycles. The lowest BCUT2D eigenvalue weighted by Gasteiger charge is -2.25. The number of amides is 3. The second-order valence-corrected chi connectivity index (χ2v) is 10.3. The summed E-state index contributed by atoms with van der Waals surface area (Å²) in [6.07, 6.45) is 4.18. The lowest BCUT2D eigenvalue weighted by molar-refractivity contribution is -0.140. The molecule has 1 atom stereocenters. The van der Waals surface area contributed by atoms with Crippen molar-refractivity contribution in [1.29, 1.82) is 0 Å². The molecule has 0 bridgehead atoms. The monoisotopic (exact) mass is 521 g/mol. The molecule has 2 saturated heterocycles. The summed E-state index contributed by atoms with van der Waals surface area (Å²) < 4.78 is 5.66. The number of aliphatic imine (C=N–C) groups is 1. The zero-order chi connectivity index (χ0) is 25.8. The van der Waals surface area contributed by atoms with Crippen LogP contribution in [0.25, 0.3) is 11.0 Å². The van der Waals surface area contributed by atoms with Crippen molar-refractivity contribution < 1.29 is 18.8 Å². The first-order valence-electron chi connectivity index (χ1n) is 12.7. The van der Waals surface area contributed by atoms with Gasteiger partial charge < -0.3 is 19.5 Å². The highest BCUT2D eigenvalue weighted by Crippen LogP contribution is 2.23. The lowest BCUT2D eigenvalue weighted by atomic mass is 10.1. The number of nitrogens with zero attached hydrogens (tertiary/aromatic N) is 3. The number of rotatable bonds is 5. The summed E-state index contributed by atoms with van der Waals surface area (Å²) in [6, 6.07) is 8.58. The fourth-order valence-electron chi connectivity index (χ4n) is 4.81. The molecule has 2 N–H and O–H groups in total. The summed E-state index contributed by atoms with van der Waals surface area (Å²) in [5.74, 6) is 0.495. The number of carbonyl (C=O) groups excluding carboxylic acids is 3. The van der Waals surface area contributed by atoms with Gasteiger partial charge in [0.05, 0.1) is 12.1 Å². The van der Waals surface area contributed by atoms with Crippen LogP contribution in [0.5, 0.6) is 0 Å². The van der Waals surface area contributed by atoms with Crippen molar-refractivity contribution in [2.24, 2.45) is 4.99 Å². The van der Waals surface area contributed by atoms with Crippen molar-refractivity contribution in [1.82, 2.24) is 15.1 Å². The van der Waals surface area contributed by atoms with Gasteiger partial charge >= 0.3 is 0 Å². The van der Waals surface area contributed by atoms with Crippen LogP contribution in [-0.4, -0.2) is 65.7 Å². The number of benzene rings is 1. The molecular formula is C27H31N5O4S. The minimum absolute atomic E-state index is 0.0108. The smallest absolute Gasteiger partial charge is 0.258 e. The summed E-state index contributed by atoms with van der Waals surface area (Å²) in [5.41, 5.74) is 1.99. The largest absolute Gasteiger partial charge is 0.461 e. The number of hydrogen-bond donors (Lipinski definition) is 2. The number of furan rings is 1. The Bertz CT molecular complexity index is 1310. The van der Waals surface area contributed by atoms with Gasteiger partial charge in [0.25, 0.3) is 5.91 Å². The van der Waals surface area contributed by atoms with Crippen molar-refractivity contribution in [2.45, 2.75) is 45.1 Å². The molecule has 1 aromatic carbocycles. The van der Waals surface area contributed by atoms with Crippen molar-refractivity contribution in [3.8, 4) is 0 Å². The fraction of sp³-hybridized carbons (Fsp3) is 0.407. The van der Waals surface area contributed by atoms with E-state index in [-0.39, 0.29) is 30.2 Å². The molecule has 0 unspecified atom stereocenters. The molecule has 3 amide bonds. The van der Waals surface area contributed by atoms with Crippen molar-refractivity contribution >= 4 is 51.7 Å². The summed E-state index contributed by atoms with van der Waals surface area (Å²) in [7, 11) is 0. The number of nitrogens with one attached hydrogen (secondary N) is 2. The molecular weight excluding hydrogens is 490 g/mol. The molecule has 2 fully saturated rings. The molecule has 2 aromatic heterocycles. The number of anilines is 1. The highest BCUT2D eigenvalue weighted by Gasteiger charge is 2.30. The van der Waals surface area contributed by atoms with Crippen molar-refractivity contribution in [2.75, 3.05) is 31.5 Å². The second-order valence-electron chi connectivity index (χ2n) is 9.54. The van der Waals surface area contributed by atoms with Gasteiger partial charge in [-0.15, -0.1) is 0 Å². The van der Waals surface area contributed by atoms with Gasteiger partial charge in [-0.25, -0.2) is 4.99 Å². The van der Waals surface area contributed by atoms with Gasteiger partial charge in [-0.1, -0.05) is 0 Å². The average Bonchev–Trinajstić information content (AvgIpc) is 3.64. The van der Waals surface area contributed by atoms with E-state index in [0.29, 0.717) is 24.2 Å². The Labute approximate surface area is 219 Å². The standard InChI is InChI=1S/C27H31N5O4S/c1-18-14-20-15-21(7-8-23(20)36-18)28-27(30-25(34)19-9-13-37-17-19)29-22-6-2-3-12-32(26(22)35)16-24(33)31-10-4-5-11-31/h7-9,13-15,17,22H,2-6,10-12,16H2,1H3,(H2,28,29,30,34)/t22-/m0/s1. The van der Waals surface area contributed by atoms with Crippen LogP contribution in [0.15, 0.2) is 50.5 Å². The van der Waals surface area contributed by atoms with Gasteiger partial charge in [0, 0.05) is 36.1 Å². The summed E-state index contributed by atoms with van der Waals surface area (Å²) in [6.45, 7) is 4.01. The van der Waals surface area contributed by atoms with Crippen molar-refractivity contribution in [3.05, 3.63) is 52.4 Å². The molecule has 10 heteroatoms. The quantitative estimate of drug-likeness (QED) is 0.390. The summed E-state index contributed by atoms with van der Waals surface area (Å²) in [5, 5.41) is 10.6. The van der Waals surface area contributed by atoms with Crippen LogP contribution in [0.4, 0.5) is 5.69 Å². The number of hydrogen-bond acceptors (Lipinski definition) is 6. The van der Waals surface area contributed by atoms with Crippen LogP contribution in [0, 0.1) is 6.92 Å². The molecule has 3 aromatic rings. The van der Waals surface area contributed by atoms with Gasteiger partial charge in [-0.3, -0.25) is 19.7 Å². The molecule has 37 heavy (non-hydrogen) atoms. The maximum absolute atomic E-state index is 13.5. The van der Waals surface area contributed by atoms with E-state index in [4.69, 9.17) is 9.41 Å². The zero-order valence-electron chi connectivity index (χ0n) is 20.9. The maximum atomic E-state index is 13.5. The van der Waals surface area contributed by atoms with Gasteiger partial charge in [0.15, 0.2) is 0 Å².